The smallest absolute Gasteiger partial charge is 0.338 e. The number of benzene rings is 3. The maximum Gasteiger partial charge on any atom is 0.338 e. The van der Waals surface area contributed by atoms with Crippen molar-refractivity contribution in [3.8, 4) is 11.5 Å². The van der Waals surface area contributed by atoms with E-state index < -0.39 is 23.7 Å². The number of phenols is 1. The number of anilines is 1. The van der Waals surface area contributed by atoms with Gasteiger partial charge < -0.3 is 19.7 Å². The summed E-state index contributed by atoms with van der Waals surface area (Å²) < 4.78 is 11.1. The lowest BCUT2D eigenvalue weighted by Gasteiger charge is -2.26. The second-order valence-corrected chi connectivity index (χ2v) is 11.2. The van der Waals surface area contributed by atoms with Crippen LogP contribution in [0.2, 0.25) is 0 Å². The van der Waals surface area contributed by atoms with Crippen molar-refractivity contribution in [3.05, 3.63) is 94.6 Å². The van der Waals surface area contributed by atoms with Gasteiger partial charge >= 0.3 is 5.97 Å². The molecular formula is C33H35NO7. The number of phenolic OH excluding ortho intramolecular Hbond substituents is 1. The monoisotopic (exact) mass is 557 g/mol. The molecule has 1 saturated heterocycles. The van der Waals surface area contributed by atoms with E-state index in [9.17, 15) is 24.6 Å². The van der Waals surface area contributed by atoms with Gasteiger partial charge in [-0.05, 0) is 86.3 Å². The van der Waals surface area contributed by atoms with Gasteiger partial charge in [-0.25, -0.2) is 4.79 Å². The van der Waals surface area contributed by atoms with E-state index in [0.717, 1.165) is 5.56 Å². The molecule has 4 rings (SSSR count). The van der Waals surface area contributed by atoms with Crippen molar-refractivity contribution in [2.24, 2.45) is 0 Å². The Morgan fingerprint density at radius 1 is 0.951 bits per heavy atom. The number of esters is 1. The number of carbonyl (C=O) groups is 3. The molecule has 1 aliphatic rings. The van der Waals surface area contributed by atoms with Crippen molar-refractivity contribution in [2.75, 3.05) is 11.5 Å². The van der Waals surface area contributed by atoms with Crippen LogP contribution in [0.15, 0.2) is 72.3 Å². The first-order chi connectivity index (χ1) is 19.3. The summed E-state index contributed by atoms with van der Waals surface area (Å²) in [5.41, 5.74) is 1.94. The lowest BCUT2D eigenvalue weighted by atomic mass is 9.84. The van der Waals surface area contributed by atoms with Gasteiger partial charge in [-0.3, -0.25) is 14.5 Å². The van der Waals surface area contributed by atoms with Gasteiger partial charge in [-0.1, -0.05) is 32.9 Å². The van der Waals surface area contributed by atoms with Crippen LogP contribution in [0.4, 0.5) is 5.69 Å². The van der Waals surface area contributed by atoms with Gasteiger partial charge in [0.25, 0.3) is 11.7 Å². The van der Waals surface area contributed by atoms with E-state index >= 15 is 0 Å². The molecule has 0 aliphatic carbocycles. The topological polar surface area (TPSA) is 113 Å². The molecule has 0 saturated carbocycles. The maximum absolute atomic E-state index is 13.5. The molecule has 1 amide bonds. The average Bonchev–Trinajstić information content (AvgIpc) is 3.18. The van der Waals surface area contributed by atoms with E-state index in [4.69, 9.17) is 9.47 Å². The van der Waals surface area contributed by atoms with Crippen molar-refractivity contribution >= 4 is 29.1 Å². The Kier molecular flexibility index (Phi) is 8.24. The van der Waals surface area contributed by atoms with Crippen LogP contribution in [0.3, 0.4) is 0 Å². The summed E-state index contributed by atoms with van der Waals surface area (Å²) in [7, 11) is 0. The van der Waals surface area contributed by atoms with E-state index in [2.05, 4.69) is 0 Å². The van der Waals surface area contributed by atoms with Gasteiger partial charge in [0.05, 0.1) is 29.9 Å². The largest absolute Gasteiger partial charge is 0.508 e. The minimum atomic E-state index is -0.992. The summed E-state index contributed by atoms with van der Waals surface area (Å²) in [6, 6.07) is 16.5. The van der Waals surface area contributed by atoms with E-state index in [1.54, 1.807) is 56.3 Å². The molecule has 41 heavy (non-hydrogen) atoms. The van der Waals surface area contributed by atoms with Crippen LogP contribution in [0, 0.1) is 0 Å². The number of carbonyl (C=O) groups excluding carboxylic acids is 3. The molecule has 1 aliphatic heterocycles. The quantitative estimate of drug-likeness (QED) is 0.152. The normalized spacial score (nSPS) is 16.8. The molecule has 214 valence electrons. The Bertz CT molecular complexity index is 1500. The zero-order chi connectivity index (χ0) is 30.1. The van der Waals surface area contributed by atoms with Crippen LogP contribution in [-0.4, -0.2) is 40.6 Å². The number of Topliss-reactive ketones (excluding diaryl/α,β-unsaturated/α-hetero) is 1. The van der Waals surface area contributed by atoms with Crippen molar-refractivity contribution in [1.82, 2.24) is 0 Å². The molecule has 0 bridgehead atoms. The molecule has 8 heteroatoms. The third kappa shape index (κ3) is 5.96. The minimum absolute atomic E-state index is 0.0139. The van der Waals surface area contributed by atoms with Gasteiger partial charge in [-0.2, -0.15) is 0 Å². The molecule has 2 N–H and O–H groups in total. The summed E-state index contributed by atoms with van der Waals surface area (Å²) >= 11 is 0. The summed E-state index contributed by atoms with van der Waals surface area (Å²) in [5.74, 6) is -1.83. The number of aliphatic hydroxyl groups excluding tert-OH is 1. The Balaban J connectivity index is 1.87. The Labute approximate surface area is 239 Å². The molecule has 0 radical (unpaired) electrons. The molecule has 0 aromatic heterocycles. The second-order valence-electron chi connectivity index (χ2n) is 11.2. The molecule has 1 fully saturated rings. The highest BCUT2D eigenvalue weighted by atomic mass is 16.5. The number of ketones is 1. The first kappa shape index (κ1) is 29.4. The highest BCUT2D eigenvalue weighted by Crippen LogP contribution is 2.43. The molecule has 1 atom stereocenters. The van der Waals surface area contributed by atoms with Gasteiger partial charge in [0, 0.05) is 16.8 Å². The average molecular weight is 558 g/mol. The van der Waals surface area contributed by atoms with Crippen molar-refractivity contribution in [1.29, 1.82) is 0 Å². The molecule has 8 nitrogen and oxygen atoms in total. The third-order valence-electron chi connectivity index (χ3n) is 6.74. The fraction of sp³-hybridized carbons (Fsp3) is 0.303. The number of ether oxygens (including phenoxy) is 2. The highest BCUT2D eigenvalue weighted by molar-refractivity contribution is 6.51. The predicted molar refractivity (Wildman–Crippen MR) is 156 cm³/mol. The number of aromatic hydroxyl groups is 1. The molecule has 0 spiro atoms. The maximum atomic E-state index is 13.5. The summed E-state index contributed by atoms with van der Waals surface area (Å²) in [6.07, 6.45) is -0.295. The van der Waals surface area contributed by atoms with Crippen LogP contribution in [-0.2, 0) is 19.7 Å². The zero-order valence-corrected chi connectivity index (χ0v) is 24.1. The second kappa shape index (κ2) is 11.5. The first-order valence-electron chi connectivity index (χ1n) is 13.5. The minimum Gasteiger partial charge on any atom is -0.508 e. The SMILES string of the molecule is CCOc1ccc(/C(O)=C2/C(=O)C(=O)N(c3ccc(C(=O)OC(C)C)cc3)C2c2ccc(O)cc2)cc1C(C)(C)C. The number of nitrogens with zero attached hydrogens (tertiary/aromatic N) is 1. The number of aliphatic hydroxyl groups is 1. The Hall–Kier alpha value is -4.59. The number of hydrogen-bond acceptors (Lipinski definition) is 7. The zero-order valence-electron chi connectivity index (χ0n) is 24.1. The van der Waals surface area contributed by atoms with E-state index in [1.165, 1.54) is 29.2 Å². The molecule has 3 aromatic rings. The number of hydrogen-bond donors (Lipinski definition) is 2. The summed E-state index contributed by atoms with van der Waals surface area (Å²) in [4.78, 5) is 40.7. The van der Waals surface area contributed by atoms with Crippen molar-refractivity contribution in [3.63, 3.8) is 0 Å². The standard InChI is InChI=1S/C33H35NO7/c1-7-40-26-17-12-22(18-25(26)33(4,5)6)29(36)27-28(20-10-15-24(35)16-11-20)34(31(38)30(27)37)23-13-8-21(9-14-23)32(39)41-19(2)3/h8-19,28,35-36H,7H2,1-6H3/b29-27-. The Morgan fingerprint density at radius 3 is 2.12 bits per heavy atom. The van der Waals surface area contributed by atoms with Crippen molar-refractivity contribution in [2.45, 2.75) is 59.1 Å². The van der Waals surface area contributed by atoms with Gasteiger partial charge in [0.15, 0.2) is 0 Å². The third-order valence-corrected chi connectivity index (χ3v) is 6.74. The van der Waals surface area contributed by atoms with Crippen molar-refractivity contribution < 1.29 is 34.1 Å². The van der Waals surface area contributed by atoms with Crippen LogP contribution in [0.1, 0.15) is 74.6 Å². The summed E-state index contributed by atoms with van der Waals surface area (Å²) in [6.45, 7) is 11.9. The van der Waals surface area contributed by atoms with E-state index in [1.807, 2.05) is 27.7 Å². The fourth-order valence-corrected chi connectivity index (χ4v) is 4.81. The fourth-order valence-electron chi connectivity index (χ4n) is 4.81. The highest BCUT2D eigenvalue weighted by Gasteiger charge is 2.47. The number of amides is 1. The van der Waals surface area contributed by atoms with E-state index in [0.29, 0.717) is 34.7 Å². The van der Waals surface area contributed by atoms with Crippen LogP contribution in [0.25, 0.3) is 5.76 Å². The van der Waals surface area contributed by atoms with Crippen LogP contribution < -0.4 is 9.64 Å². The molecule has 3 aromatic carbocycles. The van der Waals surface area contributed by atoms with E-state index in [-0.39, 0.29) is 28.6 Å². The molecular weight excluding hydrogens is 522 g/mol. The first-order valence-corrected chi connectivity index (χ1v) is 13.5. The van der Waals surface area contributed by atoms with Gasteiger partial charge in [0.2, 0.25) is 0 Å². The lowest BCUT2D eigenvalue weighted by molar-refractivity contribution is -0.132. The van der Waals surface area contributed by atoms with Gasteiger partial charge in [-0.15, -0.1) is 0 Å². The Morgan fingerprint density at radius 2 is 1.56 bits per heavy atom. The number of rotatable bonds is 7. The predicted octanol–water partition coefficient (Wildman–Crippen LogP) is 6.28. The lowest BCUT2D eigenvalue weighted by Crippen LogP contribution is -2.29. The molecule has 1 heterocycles. The van der Waals surface area contributed by atoms with Gasteiger partial charge in [0.1, 0.15) is 17.3 Å². The molecule has 1 unspecified atom stereocenters. The summed E-state index contributed by atoms with van der Waals surface area (Å²) in [5, 5.41) is 21.5. The van der Waals surface area contributed by atoms with Crippen LogP contribution >= 0.6 is 0 Å². The van der Waals surface area contributed by atoms with Crippen LogP contribution in [0.5, 0.6) is 11.5 Å².